The number of aromatic nitrogens is 4. The van der Waals surface area contributed by atoms with Gasteiger partial charge in [0, 0.05) is 0 Å². The molecule has 14 heavy (non-hydrogen) atoms. The molecule has 1 saturated carbocycles. The molecule has 0 N–H and O–H groups in total. The molecule has 1 unspecified atom stereocenters. The topological polar surface area (TPSA) is 43.6 Å². The van der Waals surface area contributed by atoms with Gasteiger partial charge in [0.05, 0.1) is 11.9 Å². The highest BCUT2D eigenvalue weighted by Gasteiger charge is 2.27. The van der Waals surface area contributed by atoms with Gasteiger partial charge in [0.2, 0.25) is 0 Å². The number of nitrogens with zero attached hydrogens (tertiary/aromatic N) is 4. The third kappa shape index (κ3) is 2.05. The van der Waals surface area contributed by atoms with Crippen molar-refractivity contribution < 1.29 is 0 Å². The number of hydrogen-bond acceptors (Lipinski definition) is 3. The van der Waals surface area contributed by atoms with Crippen LogP contribution in [0.5, 0.6) is 0 Å². The van der Waals surface area contributed by atoms with Crippen LogP contribution in [0.4, 0.5) is 0 Å². The van der Waals surface area contributed by atoms with Gasteiger partial charge in [-0.15, -0.1) is 16.7 Å². The summed E-state index contributed by atoms with van der Waals surface area (Å²) in [6.07, 6.45) is 5.01. The Balaban J connectivity index is 2.08. The van der Waals surface area contributed by atoms with Crippen LogP contribution < -0.4 is 0 Å². The summed E-state index contributed by atoms with van der Waals surface area (Å²) in [6.45, 7) is 2.17. The van der Waals surface area contributed by atoms with E-state index in [1.54, 1.807) is 0 Å². The van der Waals surface area contributed by atoms with Crippen molar-refractivity contribution in [3.05, 3.63) is 5.82 Å². The van der Waals surface area contributed by atoms with Crippen LogP contribution in [0, 0.1) is 5.92 Å². The summed E-state index contributed by atoms with van der Waals surface area (Å²) in [5.74, 6) is 2.08. The Morgan fingerprint density at radius 1 is 1.57 bits per heavy atom. The molecule has 0 radical (unpaired) electrons. The Bertz CT molecular complexity index is 295. The van der Waals surface area contributed by atoms with Gasteiger partial charge in [0.1, 0.15) is 0 Å². The highest BCUT2D eigenvalue weighted by Crippen LogP contribution is 2.37. The minimum absolute atomic E-state index is 0.397. The lowest BCUT2D eigenvalue weighted by atomic mass is 10.1. The second-order valence-corrected chi connectivity index (χ2v) is 4.18. The Labute approximate surface area is 88.6 Å². The molecule has 0 bridgehead atoms. The van der Waals surface area contributed by atoms with E-state index in [-0.39, 0.29) is 0 Å². The molecule has 1 aromatic rings. The standard InChI is InChI=1S/C9H15ClN4/c1-2-8(5-7-3-4-7)14-9(6-10)11-12-13-14/h7-8H,2-6H2,1H3. The van der Waals surface area contributed by atoms with Crippen LogP contribution in [0.25, 0.3) is 0 Å². The second-order valence-electron chi connectivity index (χ2n) is 3.91. The van der Waals surface area contributed by atoms with Gasteiger partial charge in [0.25, 0.3) is 0 Å². The fraction of sp³-hybridized carbons (Fsp3) is 0.889. The second kappa shape index (κ2) is 4.26. The lowest BCUT2D eigenvalue weighted by Gasteiger charge is -2.15. The van der Waals surface area contributed by atoms with Crippen LogP contribution in [0.1, 0.15) is 44.5 Å². The zero-order valence-electron chi connectivity index (χ0n) is 8.36. The fourth-order valence-corrected chi connectivity index (χ4v) is 1.94. The van der Waals surface area contributed by atoms with Crippen LogP contribution in [0.2, 0.25) is 0 Å². The van der Waals surface area contributed by atoms with Crippen molar-refractivity contribution >= 4 is 11.6 Å². The first-order chi connectivity index (χ1) is 6.85. The highest BCUT2D eigenvalue weighted by atomic mass is 35.5. The van der Waals surface area contributed by atoms with Gasteiger partial charge in [-0.25, -0.2) is 4.68 Å². The number of hydrogen-bond donors (Lipinski definition) is 0. The first-order valence-electron chi connectivity index (χ1n) is 5.17. The summed E-state index contributed by atoms with van der Waals surface area (Å²) in [6, 6.07) is 0.436. The Morgan fingerprint density at radius 2 is 2.36 bits per heavy atom. The van der Waals surface area contributed by atoms with Gasteiger partial charge in [-0.2, -0.15) is 0 Å². The van der Waals surface area contributed by atoms with Crippen molar-refractivity contribution in [2.24, 2.45) is 5.92 Å². The first-order valence-corrected chi connectivity index (χ1v) is 5.71. The third-order valence-electron chi connectivity index (χ3n) is 2.80. The quantitative estimate of drug-likeness (QED) is 0.706. The van der Waals surface area contributed by atoms with Gasteiger partial charge in [-0.3, -0.25) is 0 Å². The van der Waals surface area contributed by atoms with Crippen molar-refractivity contribution in [1.82, 2.24) is 20.2 Å². The molecule has 1 aromatic heterocycles. The van der Waals surface area contributed by atoms with E-state index in [0.717, 1.165) is 18.2 Å². The summed E-state index contributed by atoms with van der Waals surface area (Å²) in [4.78, 5) is 0. The molecule has 2 rings (SSSR count). The van der Waals surface area contributed by atoms with E-state index >= 15 is 0 Å². The van der Waals surface area contributed by atoms with Crippen molar-refractivity contribution in [3.8, 4) is 0 Å². The van der Waals surface area contributed by atoms with Gasteiger partial charge < -0.3 is 0 Å². The van der Waals surface area contributed by atoms with E-state index in [1.807, 2.05) is 4.68 Å². The molecule has 0 aromatic carbocycles. The normalized spacial score (nSPS) is 18.4. The van der Waals surface area contributed by atoms with Gasteiger partial charge >= 0.3 is 0 Å². The van der Waals surface area contributed by atoms with Crippen LogP contribution in [0.3, 0.4) is 0 Å². The van der Waals surface area contributed by atoms with Crippen molar-refractivity contribution in [2.75, 3.05) is 0 Å². The zero-order valence-corrected chi connectivity index (χ0v) is 9.11. The molecule has 1 fully saturated rings. The molecular weight excluding hydrogens is 200 g/mol. The number of rotatable bonds is 5. The molecule has 1 heterocycles. The average molecular weight is 215 g/mol. The van der Waals surface area contributed by atoms with Crippen LogP contribution in [0.15, 0.2) is 0 Å². The Morgan fingerprint density at radius 3 is 2.93 bits per heavy atom. The lowest BCUT2D eigenvalue weighted by molar-refractivity contribution is 0.377. The van der Waals surface area contributed by atoms with Gasteiger partial charge in [-0.1, -0.05) is 19.8 Å². The van der Waals surface area contributed by atoms with E-state index < -0.39 is 0 Å². The Hall–Kier alpha value is -0.640. The van der Waals surface area contributed by atoms with Crippen molar-refractivity contribution in [1.29, 1.82) is 0 Å². The molecule has 1 aliphatic rings. The predicted molar refractivity (Wildman–Crippen MR) is 54.0 cm³/mol. The summed E-state index contributed by atoms with van der Waals surface area (Å²) in [5.41, 5.74) is 0. The van der Waals surface area contributed by atoms with Crippen molar-refractivity contribution in [3.63, 3.8) is 0 Å². The molecule has 0 spiro atoms. The van der Waals surface area contributed by atoms with E-state index in [9.17, 15) is 0 Å². The SMILES string of the molecule is CCC(CC1CC1)n1nnnc1CCl. The maximum Gasteiger partial charge on any atom is 0.166 e. The Kier molecular flexibility index (Phi) is 3.01. The zero-order chi connectivity index (χ0) is 9.97. The van der Waals surface area contributed by atoms with E-state index in [0.29, 0.717) is 11.9 Å². The van der Waals surface area contributed by atoms with E-state index in [4.69, 9.17) is 11.6 Å². The van der Waals surface area contributed by atoms with Gasteiger partial charge in [0.15, 0.2) is 5.82 Å². The molecule has 1 atom stereocenters. The summed E-state index contributed by atoms with van der Waals surface area (Å²) >= 11 is 5.76. The smallest absolute Gasteiger partial charge is 0.166 e. The van der Waals surface area contributed by atoms with Gasteiger partial charge in [-0.05, 0) is 29.2 Å². The fourth-order valence-electron chi connectivity index (χ4n) is 1.76. The minimum atomic E-state index is 0.397. The maximum atomic E-state index is 5.76. The molecule has 78 valence electrons. The van der Waals surface area contributed by atoms with Crippen LogP contribution in [-0.4, -0.2) is 20.2 Å². The van der Waals surface area contributed by atoms with Crippen molar-refractivity contribution in [2.45, 2.75) is 44.5 Å². The summed E-state index contributed by atoms with van der Waals surface area (Å²) < 4.78 is 1.89. The van der Waals surface area contributed by atoms with Crippen LogP contribution in [-0.2, 0) is 5.88 Å². The third-order valence-corrected chi connectivity index (χ3v) is 3.04. The molecule has 0 aliphatic heterocycles. The lowest BCUT2D eigenvalue weighted by Crippen LogP contribution is -2.13. The molecule has 1 aliphatic carbocycles. The summed E-state index contributed by atoms with van der Waals surface area (Å²) in [7, 11) is 0. The first kappa shape index (κ1) is 9.90. The molecule has 5 heteroatoms. The number of tetrazole rings is 1. The van der Waals surface area contributed by atoms with E-state index in [1.165, 1.54) is 19.3 Å². The number of alkyl halides is 1. The average Bonchev–Trinajstić information content (AvgIpc) is 2.90. The molecule has 0 saturated heterocycles. The van der Waals surface area contributed by atoms with E-state index in [2.05, 4.69) is 22.4 Å². The maximum absolute atomic E-state index is 5.76. The molecular formula is C9H15ClN4. The highest BCUT2D eigenvalue weighted by molar-refractivity contribution is 6.16. The largest absolute Gasteiger partial charge is 0.225 e. The summed E-state index contributed by atoms with van der Waals surface area (Å²) in [5, 5.41) is 11.6. The minimum Gasteiger partial charge on any atom is -0.225 e. The predicted octanol–water partition coefficient (Wildman–Crippen LogP) is 2.16. The molecule has 4 nitrogen and oxygen atoms in total. The molecule has 0 amide bonds. The number of halogens is 1. The van der Waals surface area contributed by atoms with Crippen LogP contribution >= 0.6 is 11.6 Å². The monoisotopic (exact) mass is 214 g/mol.